The molecule has 0 saturated carbocycles. The Balaban J connectivity index is 0.000000222. The van der Waals surface area contributed by atoms with Crippen LogP contribution in [0.3, 0.4) is 0 Å². The third-order valence-corrected chi connectivity index (χ3v) is 1.000. The first-order valence-corrected chi connectivity index (χ1v) is 3.48. The Morgan fingerprint density at radius 2 is 2.00 bits per heavy atom. The lowest BCUT2D eigenvalue weighted by molar-refractivity contribution is 0.749. The van der Waals surface area contributed by atoms with Gasteiger partial charge in [-0.25, -0.2) is 0 Å². The second-order valence-electron chi connectivity index (χ2n) is 1.58. The molecule has 0 spiro atoms. The summed E-state index contributed by atoms with van der Waals surface area (Å²) in [6.45, 7) is 5.07. The van der Waals surface area contributed by atoms with Crippen molar-refractivity contribution in [3.05, 3.63) is 0 Å². The summed E-state index contributed by atoms with van der Waals surface area (Å²) in [4.78, 5) is 4.05. The minimum atomic E-state index is 1.07. The third-order valence-electron chi connectivity index (χ3n) is 1.000. The molecule has 0 N–H and O–H groups in total. The maximum absolute atomic E-state index is 4.05. The molecule has 1 nitrogen and oxygen atoms in total. The summed E-state index contributed by atoms with van der Waals surface area (Å²) in [7, 11) is 0. The number of hydrogen-bond acceptors (Lipinski definition) is 1. The normalized spacial score (nSPS) is 16.8. The second-order valence-corrected chi connectivity index (χ2v) is 1.58. The van der Waals surface area contributed by atoms with Crippen molar-refractivity contribution < 1.29 is 0 Å². The summed E-state index contributed by atoms with van der Waals surface area (Å²) in [6.07, 6.45) is 5.88. The topological polar surface area (TPSA) is 12.4 Å². The highest BCUT2D eigenvalue weighted by Crippen LogP contribution is 1.97. The molecule has 1 heterocycles. The van der Waals surface area contributed by atoms with Gasteiger partial charge in [-0.3, -0.25) is 4.99 Å². The van der Waals surface area contributed by atoms with Crippen molar-refractivity contribution >= 4 is 6.21 Å². The number of hydrogen-bond donors (Lipinski definition) is 0. The van der Waals surface area contributed by atoms with E-state index in [1.165, 1.54) is 19.3 Å². The molecule has 48 valence electrons. The molecular weight excluding hydrogens is 98.1 g/mol. The van der Waals surface area contributed by atoms with Crippen LogP contribution in [0.5, 0.6) is 0 Å². The fourth-order valence-corrected chi connectivity index (χ4v) is 0.621. The molecule has 8 heavy (non-hydrogen) atoms. The summed E-state index contributed by atoms with van der Waals surface area (Å²) in [5, 5.41) is 0. The van der Waals surface area contributed by atoms with Gasteiger partial charge in [0.05, 0.1) is 0 Å². The Morgan fingerprint density at radius 1 is 1.25 bits per heavy atom. The molecule has 0 fully saturated rings. The summed E-state index contributed by atoms with van der Waals surface area (Å²) >= 11 is 0. The predicted octanol–water partition coefficient (Wildman–Crippen LogP) is 2.27. The van der Waals surface area contributed by atoms with Crippen molar-refractivity contribution in [3.63, 3.8) is 0 Å². The first kappa shape index (κ1) is 7.67. The van der Waals surface area contributed by atoms with Gasteiger partial charge in [0.15, 0.2) is 0 Å². The molecule has 1 aliphatic rings. The van der Waals surface area contributed by atoms with E-state index < -0.39 is 0 Å². The van der Waals surface area contributed by atoms with Crippen LogP contribution in [-0.2, 0) is 0 Å². The first-order chi connectivity index (χ1) is 4.00. The van der Waals surface area contributed by atoms with Gasteiger partial charge < -0.3 is 0 Å². The average molecular weight is 113 g/mol. The van der Waals surface area contributed by atoms with E-state index in [0.717, 1.165) is 6.54 Å². The van der Waals surface area contributed by atoms with Gasteiger partial charge in [0.1, 0.15) is 0 Å². The minimum Gasteiger partial charge on any atom is -0.298 e. The zero-order chi connectivity index (χ0) is 6.24. The van der Waals surface area contributed by atoms with E-state index in [4.69, 9.17) is 0 Å². The van der Waals surface area contributed by atoms with Crippen LogP contribution in [0.1, 0.15) is 33.1 Å². The van der Waals surface area contributed by atoms with Crippen molar-refractivity contribution in [1.82, 2.24) is 0 Å². The molecule has 1 rings (SSSR count). The van der Waals surface area contributed by atoms with Crippen LogP contribution in [0.15, 0.2) is 4.99 Å². The van der Waals surface area contributed by atoms with Crippen LogP contribution in [0, 0.1) is 0 Å². The van der Waals surface area contributed by atoms with Crippen molar-refractivity contribution in [2.45, 2.75) is 33.1 Å². The van der Waals surface area contributed by atoms with Gasteiger partial charge in [-0.2, -0.15) is 0 Å². The lowest BCUT2D eigenvalue weighted by Gasteiger charge is -1.97. The van der Waals surface area contributed by atoms with Gasteiger partial charge in [-0.1, -0.05) is 13.8 Å². The maximum Gasteiger partial charge on any atom is 0.0385 e. The van der Waals surface area contributed by atoms with Gasteiger partial charge in [0, 0.05) is 6.54 Å². The fraction of sp³-hybridized carbons (Fsp3) is 0.857. The van der Waals surface area contributed by atoms with Gasteiger partial charge >= 0.3 is 0 Å². The van der Waals surface area contributed by atoms with E-state index in [2.05, 4.69) is 4.99 Å². The molecule has 0 atom stereocenters. The number of aliphatic imine (C=N–C) groups is 1. The molecule has 0 aromatic heterocycles. The van der Waals surface area contributed by atoms with Gasteiger partial charge in [0.25, 0.3) is 0 Å². The molecule has 1 aliphatic heterocycles. The van der Waals surface area contributed by atoms with E-state index in [-0.39, 0.29) is 0 Å². The van der Waals surface area contributed by atoms with E-state index >= 15 is 0 Å². The van der Waals surface area contributed by atoms with E-state index in [9.17, 15) is 0 Å². The zero-order valence-corrected chi connectivity index (χ0v) is 5.85. The lowest BCUT2D eigenvalue weighted by atomic mass is 10.2. The molecule has 0 saturated heterocycles. The fourth-order valence-electron chi connectivity index (χ4n) is 0.621. The Morgan fingerprint density at radius 3 is 2.12 bits per heavy atom. The smallest absolute Gasteiger partial charge is 0.0385 e. The molecule has 0 bridgehead atoms. The molecule has 1 heteroatoms. The van der Waals surface area contributed by atoms with E-state index in [0.29, 0.717) is 0 Å². The summed E-state index contributed by atoms with van der Waals surface area (Å²) in [6, 6.07) is 0. The van der Waals surface area contributed by atoms with Crippen LogP contribution in [-0.4, -0.2) is 12.8 Å². The molecule has 0 aromatic carbocycles. The first-order valence-electron chi connectivity index (χ1n) is 3.48. The largest absolute Gasteiger partial charge is 0.298 e. The maximum atomic E-state index is 4.05. The van der Waals surface area contributed by atoms with Crippen LogP contribution < -0.4 is 0 Å². The van der Waals surface area contributed by atoms with Crippen molar-refractivity contribution in [2.75, 3.05) is 6.54 Å². The quantitative estimate of drug-likeness (QED) is 0.457. The van der Waals surface area contributed by atoms with Crippen LogP contribution >= 0.6 is 0 Å². The zero-order valence-electron chi connectivity index (χ0n) is 5.85. The molecule has 0 amide bonds. The molecule has 0 aromatic rings. The Hall–Kier alpha value is -0.330. The Bertz CT molecular complexity index is 49.4. The molecule has 0 unspecified atom stereocenters. The lowest BCUT2D eigenvalue weighted by Crippen LogP contribution is -1.89. The van der Waals surface area contributed by atoms with Gasteiger partial charge in [0.2, 0.25) is 0 Å². The number of rotatable bonds is 0. The summed E-state index contributed by atoms with van der Waals surface area (Å²) < 4.78 is 0. The van der Waals surface area contributed by atoms with Gasteiger partial charge in [-0.05, 0) is 25.5 Å². The molecule has 0 radical (unpaired) electrons. The molecular formula is C7H15N. The third kappa shape index (κ3) is 3.85. The van der Waals surface area contributed by atoms with E-state index in [1.54, 1.807) is 0 Å². The standard InChI is InChI=1S/C5H9N.C2H6/c1-2-4-6-5-3-1;1-2/h4H,1-3,5H2;1-2H3. The predicted molar refractivity (Wildman–Crippen MR) is 38.6 cm³/mol. The summed E-state index contributed by atoms with van der Waals surface area (Å²) in [5.74, 6) is 0. The van der Waals surface area contributed by atoms with Gasteiger partial charge in [-0.15, -0.1) is 0 Å². The van der Waals surface area contributed by atoms with Crippen LogP contribution in [0.2, 0.25) is 0 Å². The van der Waals surface area contributed by atoms with Crippen LogP contribution in [0.25, 0.3) is 0 Å². The van der Waals surface area contributed by atoms with E-state index in [1.807, 2.05) is 20.1 Å². The van der Waals surface area contributed by atoms with Crippen molar-refractivity contribution in [1.29, 1.82) is 0 Å². The van der Waals surface area contributed by atoms with Crippen molar-refractivity contribution in [2.24, 2.45) is 4.99 Å². The SMILES string of the molecule is C1=NCCCC1.CC. The second kappa shape index (κ2) is 6.67. The molecule has 0 aliphatic carbocycles. The average Bonchev–Trinajstić information content (AvgIpc) is 1.96. The minimum absolute atomic E-state index is 1.07. The van der Waals surface area contributed by atoms with Crippen LogP contribution in [0.4, 0.5) is 0 Å². The monoisotopic (exact) mass is 113 g/mol. The van der Waals surface area contributed by atoms with Crippen molar-refractivity contribution in [3.8, 4) is 0 Å². The highest BCUT2D eigenvalue weighted by Gasteiger charge is 1.88. The Kier molecular flexibility index (Phi) is 6.39. The summed E-state index contributed by atoms with van der Waals surface area (Å²) in [5.41, 5.74) is 0. The number of nitrogens with zero attached hydrogens (tertiary/aromatic N) is 1. The Labute approximate surface area is 51.8 Å². The highest BCUT2D eigenvalue weighted by molar-refractivity contribution is 5.57. The highest BCUT2D eigenvalue weighted by atomic mass is 14.7.